The fourth-order valence-electron chi connectivity index (χ4n) is 3.06. The Morgan fingerprint density at radius 3 is 3.24 bits per heavy atom. The number of aromatic nitrogens is 1. The summed E-state index contributed by atoms with van der Waals surface area (Å²) in [6, 6.07) is 7.10. The molecule has 1 aromatic heterocycles. The van der Waals surface area contributed by atoms with Crippen molar-refractivity contribution in [2.24, 2.45) is 0 Å². The van der Waals surface area contributed by atoms with Crippen LogP contribution in [0.2, 0.25) is 0 Å². The van der Waals surface area contributed by atoms with E-state index in [9.17, 15) is 0 Å². The SMILES string of the molecule is N#Cc1ncccc1NC1CCN2CCCC12. The molecule has 3 heterocycles. The summed E-state index contributed by atoms with van der Waals surface area (Å²) in [7, 11) is 0. The minimum absolute atomic E-state index is 0.480. The van der Waals surface area contributed by atoms with E-state index in [2.05, 4.69) is 21.3 Å². The van der Waals surface area contributed by atoms with Gasteiger partial charge in [0.05, 0.1) is 5.69 Å². The van der Waals surface area contributed by atoms with Crippen molar-refractivity contribution in [3.8, 4) is 6.07 Å². The molecule has 2 aliphatic heterocycles. The van der Waals surface area contributed by atoms with Crippen LogP contribution in [0.5, 0.6) is 0 Å². The van der Waals surface area contributed by atoms with Gasteiger partial charge < -0.3 is 5.32 Å². The van der Waals surface area contributed by atoms with E-state index < -0.39 is 0 Å². The molecule has 3 rings (SSSR count). The zero-order chi connectivity index (χ0) is 11.7. The van der Waals surface area contributed by atoms with Gasteiger partial charge in [0, 0.05) is 24.8 Å². The largest absolute Gasteiger partial charge is 0.378 e. The first-order valence-corrected chi connectivity index (χ1v) is 6.24. The molecule has 4 nitrogen and oxygen atoms in total. The molecule has 4 heteroatoms. The van der Waals surface area contributed by atoms with Crippen LogP contribution in [0.15, 0.2) is 18.3 Å². The number of fused-ring (bicyclic) bond motifs is 1. The van der Waals surface area contributed by atoms with Crippen molar-refractivity contribution < 1.29 is 0 Å². The molecule has 0 amide bonds. The minimum atomic E-state index is 0.480. The third-order valence-corrected chi connectivity index (χ3v) is 3.86. The molecule has 0 bridgehead atoms. The van der Waals surface area contributed by atoms with Gasteiger partial charge in [-0.15, -0.1) is 0 Å². The van der Waals surface area contributed by atoms with Crippen molar-refractivity contribution in [1.82, 2.24) is 9.88 Å². The molecule has 2 atom stereocenters. The summed E-state index contributed by atoms with van der Waals surface area (Å²) < 4.78 is 0. The first-order chi connectivity index (χ1) is 8.38. The van der Waals surface area contributed by atoms with Crippen LogP contribution >= 0.6 is 0 Å². The average molecular weight is 228 g/mol. The molecule has 17 heavy (non-hydrogen) atoms. The number of hydrogen-bond donors (Lipinski definition) is 1. The Balaban J connectivity index is 1.77. The molecule has 1 aromatic rings. The molecule has 0 spiro atoms. The van der Waals surface area contributed by atoms with Crippen LogP contribution in [-0.2, 0) is 0 Å². The molecule has 1 N–H and O–H groups in total. The van der Waals surface area contributed by atoms with Gasteiger partial charge in [0.1, 0.15) is 6.07 Å². The van der Waals surface area contributed by atoms with E-state index in [0.29, 0.717) is 17.8 Å². The molecule has 88 valence electrons. The Morgan fingerprint density at radius 1 is 1.41 bits per heavy atom. The lowest BCUT2D eigenvalue weighted by Crippen LogP contribution is -2.34. The summed E-state index contributed by atoms with van der Waals surface area (Å²) in [5.41, 5.74) is 1.39. The third-order valence-electron chi connectivity index (χ3n) is 3.86. The number of nitrogens with zero attached hydrogens (tertiary/aromatic N) is 3. The van der Waals surface area contributed by atoms with E-state index in [1.54, 1.807) is 6.20 Å². The maximum absolute atomic E-state index is 9.02. The molecular formula is C13H16N4. The lowest BCUT2D eigenvalue weighted by molar-refractivity contribution is 0.318. The maximum Gasteiger partial charge on any atom is 0.163 e. The summed E-state index contributed by atoms with van der Waals surface area (Å²) in [4.78, 5) is 6.64. The van der Waals surface area contributed by atoms with E-state index in [0.717, 1.165) is 5.69 Å². The second kappa shape index (κ2) is 4.34. The molecule has 2 aliphatic rings. The van der Waals surface area contributed by atoms with Gasteiger partial charge in [-0.05, 0) is 37.9 Å². The van der Waals surface area contributed by atoms with Gasteiger partial charge >= 0.3 is 0 Å². The lowest BCUT2D eigenvalue weighted by Gasteiger charge is -2.22. The molecule has 0 saturated carbocycles. The molecule has 0 radical (unpaired) electrons. The van der Waals surface area contributed by atoms with Gasteiger partial charge in [0.2, 0.25) is 0 Å². The average Bonchev–Trinajstić information content (AvgIpc) is 2.95. The van der Waals surface area contributed by atoms with E-state index in [1.807, 2.05) is 12.1 Å². The first kappa shape index (κ1) is 10.5. The number of anilines is 1. The monoisotopic (exact) mass is 228 g/mol. The molecule has 0 aliphatic carbocycles. The van der Waals surface area contributed by atoms with E-state index in [-0.39, 0.29) is 0 Å². The van der Waals surface area contributed by atoms with Gasteiger partial charge in [-0.25, -0.2) is 4.98 Å². The van der Waals surface area contributed by atoms with Crippen LogP contribution in [0.1, 0.15) is 25.0 Å². The summed E-state index contributed by atoms with van der Waals surface area (Å²) in [5, 5.41) is 12.5. The van der Waals surface area contributed by atoms with Crippen molar-refractivity contribution in [3.63, 3.8) is 0 Å². The molecule has 0 aromatic carbocycles. The Labute approximate surface area is 101 Å². The molecule has 2 unspecified atom stereocenters. The Kier molecular flexibility index (Phi) is 2.69. The van der Waals surface area contributed by atoms with E-state index in [4.69, 9.17) is 5.26 Å². The number of nitrogens with one attached hydrogen (secondary N) is 1. The van der Waals surface area contributed by atoms with Crippen LogP contribution in [0.25, 0.3) is 0 Å². The van der Waals surface area contributed by atoms with Gasteiger partial charge in [-0.2, -0.15) is 5.26 Å². The number of nitriles is 1. The topological polar surface area (TPSA) is 52.0 Å². The van der Waals surface area contributed by atoms with Crippen molar-refractivity contribution in [2.75, 3.05) is 18.4 Å². The zero-order valence-corrected chi connectivity index (χ0v) is 9.76. The predicted octanol–water partition coefficient (Wildman–Crippen LogP) is 1.60. The molecular weight excluding hydrogens is 212 g/mol. The van der Waals surface area contributed by atoms with Crippen molar-refractivity contribution >= 4 is 5.69 Å². The van der Waals surface area contributed by atoms with E-state index >= 15 is 0 Å². The van der Waals surface area contributed by atoms with Crippen molar-refractivity contribution in [1.29, 1.82) is 5.26 Å². The highest BCUT2D eigenvalue weighted by atomic mass is 15.2. The van der Waals surface area contributed by atoms with Crippen molar-refractivity contribution in [2.45, 2.75) is 31.3 Å². The number of pyridine rings is 1. The number of rotatable bonds is 2. The summed E-state index contributed by atoms with van der Waals surface area (Å²) >= 11 is 0. The maximum atomic E-state index is 9.02. The van der Waals surface area contributed by atoms with Gasteiger partial charge in [-0.3, -0.25) is 4.90 Å². The summed E-state index contributed by atoms with van der Waals surface area (Å²) in [6.45, 7) is 2.42. The first-order valence-electron chi connectivity index (χ1n) is 6.24. The Morgan fingerprint density at radius 2 is 2.35 bits per heavy atom. The van der Waals surface area contributed by atoms with Gasteiger partial charge in [0.15, 0.2) is 5.69 Å². The second-order valence-corrected chi connectivity index (χ2v) is 4.80. The molecule has 2 saturated heterocycles. The predicted molar refractivity (Wildman–Crippen MR) is 65.6 cm³/mol. The van der Waals surface area contributed by atoms with Crippen LogP contribution < -0.4 is 5.32 Å². The highest BCUT2D eigenvalue weighted by Crippen LogP contribution is 2.30. The van der Waals surface area contributed by atoms with Crippen LogP contribution in [0.3, 0.4) is 0 Å². The highest BCUT2D eigenvalue weighted by Gasteiger charge is 2.37. The minimum Gasteiger partial charge on any atom is -0.378 e. The summed E-state index contributed by atoms with van der Waals surface area (Å²) in [6.07, 6.45) is 5.42. The van der Waals surface area contributed by atoms with Crippen LogP contribution in [0, 0.1) is 11.3 Å². The molecule has 2 fully saturated rings. The van der Waals surface area contributed by atoms with Crippen LogP contribution in [-0.4, -0.2) is 35.1 Å². The smallest absolute Gasteiger partial charge is 0.163 e. The van der Waals surface area contributed by atoms with E-state index in [1.165, 1.54) is 32.4 Å². The zero-order valence-electron chi connectivity index (χ0n) is 9.76. The normalized spacial score (nSPS) is 27.7. The third kappa shape index (κ3) is 1.87. The fraction of sp³-hybridized carbons (Fsp3) is 0.538. The fourth-order valence-corrected chi connectivity index (χ4v) is 3.06. The lowest BCUT2D eigenvalue weighted by atomic mass is 10.1. The Bertz CT molecular complexity index is 451. The van der Waals surface area contributed by atoms with Crippen molar-refractivity contribution in [3.05, 3.63) is 24.0 Å². The highest BCUT2D eigenvalue weighted by molar-refractivity contribution is 5.54. The van der Waals surface area contributed by atoms with Crippen LogP contribution in [0.4, 0.5) is 5.69 Å². The summed E-state index contributed by atoms with van der Waals surface area (Å²) in [5.74, 6) is 0. The Hall–Kier alpha value is -1.60. The van der Waals surface area contributed by atoms with Gasteiger partial charge in [0.25, 0.3) is 0 Å². The quantitative estimate of drug-likeness (QED) is 0.835. The number of hydrogen-bond acceptors (Lipinski definition) is 4. The van der Waals surface area contributed by atoms with Gasteiger partial charge in [-0.1, -0.05) is 0 Å². The second-order valence-electron chi connectivity index (χ2n) is 4.80. The standard InChI is InChI=1S/C13H16N4/c14-9-12-10(3-1-6-15-12)16-11-5-8-17-7-2-4-13(11)17/h1,3,6,11,13,16H,2,4-5,7-8H2.